The van der Waals surface area contributed by atoms with Crippen LogP contribution in [0, 0.1) is 0 Å². The van der Waals surface area contributed by atoms with Gasteiger partial charge >= 0.3 is 11.8 Å². The number of rotatable bonds is 3. The maximum Gasteiger partial charge on any atom is 0.416 e. The number of nitrogens with zero attached hydrogens (tertiary/aromatic N) is 1. The molecule has 0 atom stereocenters. The lowest BCUT2D eigenvalue weighted by Crippen LogP contribution is -2.38. The molecule has 4 rings (SSSR count). The monoisotopic (exact) mass is 403 g/mol. The highest BCUT2D eigenvalue weighted by Gasteiger charge is 2.32. The van der Waals surface area contributed by atoms with Gasteiger partial charge in [0.1, 0.15) is 11.3 Å². The summed E-state index contributed by atoms with van der Waals surface area (Å²) in [5, 5.41) is 0.716. The molecule has 0 saturated heterocycles. The quantitative estimate of drug-likeness (QED) is 0.616. The number of hydrogen-bond donors (Lipinski definition) is 0. The van der Waals surface area contributed by atoms with Gasteiger partial charge in [-0.2, -0.15) is 13.2 Å². The maximum atomic E-state index is 12.9. The number of aryl methyl sites for hydroxylation is 1. The molecule has 0 N–H and O–H groups in total. The summed E-state index contributed by atoms with van der Waals surface area (Å²) in [6, 6.07) is 11.2. The minimum Gasteiger partial charge on any atom is -0.484 e. The van der Waals surface area contributed by atoms with Gasteiger partial charge in [-0.15, -0.1) is 0 Å². The molecule has 0 unspecified atom stereocenters. The van der Waals surface area contributed by atoms with E-state index in [0.717, 1.165) is 12.1 Å². The molecule has 3 aromatic rings. The van der Waals surface area contributed by atoms with Crippen LogP contribution in [-0.2, 0) is 17.4 Å². The normalized spacial score (nSPS) is 14.0. The second kappa shape index (κ2) is 7.27. The summed E-state index contributed by atoms with van der Waals surface area (Å²) in [7, 11) is 0. The molecule has 8 heteroatoms. The van der Waals surface area contributed by atoms with Gasteiger partial charge in [0, 0.05) is 29.8 Å². The minimum absolute atomic E-state index is 0.289. The zero-order valence-corrected chi connectivity index (χ0v) is 15.2. The van der Waals surface area contributed by atoms with E-state index in [-0.39, 0.29) is 12.5 Å². The van der Waals surface area contributed by atoms with E-state index >= 15 is 0 Å². The Labute approximate surface area is 163 Å². The van der Waals surface area contributed by atoms with Gasteiger partial charge in [0.2, 0.25) is 0 Å². The lowest BCUT2D eigenvalue weighted by atomic mass is 9.99. The summed E-state index contributed by atoms with van der Waals surface area (Å²) in [6.45, 7) is 0.121. The number of hydrogen-bond acceptors (Lipinski definition) is 4. The van der Waals surface area contributed by atoms with E-state index in [1.54, 1.807) is 18.2 Å². The van der Waals surface area contributed by atoms with E-state index < -0.39 is 17.4 Å². The number of halogens is 3. The number of carbonyl (C=O) groups excluding carboxylic acids is 1. The van der Waals surface area contributed by atoms with Crippen molar-refractivity contribution in [1.29, 1.82) is 0 Å². The van der Waals surface area contributed by atoms with Crippen molar-refractivity contribution in [3.63, 3.8) is 0 Å². The van der Waals surface area contributed by atoms with Gasteiger partial charge in [0.05, 0.1) is 5.56 Å². The van der Waals surface area contributed by atoms with Crippen molar-refractivity contribution in [3.05, 3.63) is 70.1 Å². The summed E-state index contributed by atoms with van der Waals surface area (Å²) >= 11 is 0. The van der Waals surface area contributed by atoms with Crippen LogP contribution in [0.4, 0.5) is 18.9 Å². The van der Waals surface area contributed by atoms with Crippen molar-refractivity contribution in [2.75, 3.05) is 18.1 Å². The van der Waals surface area contributed by atoms with E-state index in [1.165, 1.54) is 23.1 Å². The zero-order chi connectivity index (χ0) is 20.6. The first-order chi connectivity index (χ1) is 13.8. The fourth-order valence-electron chi connectivity index (χ4n) is 3.39. The topological polar surface area (TPSA) is 59.8 Å². The van der Waals surface area contributed by atoms with Gasteiger partial charge < -0.3 is 14.1 Å². The summed E-state index contributed by atoms with van der Waals surface area (Å²) in [5.41, 5.74) is 0.0908. The third kappa shape index (κ3) is 3.96. The van der Waals surface area contributed by atoms with E-state index in [1.807, 2.05) is 0 Å². The standard InChI is InChI=1S/C21H16F3NO4/c22-21(23,24)15-5-7-17-14(10-15)2-1-9-25(17)19(26)12-28-16-6-3-13-4-8-20(27)29-18(13)11-16/h3-8,10-11H,1-2,9,12H2. The predicted molar refractivity (Wildman–Crippen MR) is 100 cm³/mol. The van der Waals surface area contributed by atoms with Gasteiger partial charge in [0.25, 0.3) is 5.91 Å². The molecule has 0 fully saturated rings. The van der Waals surface area contributed by atoms with Crippen molar-refractivity contribution in [2.45, 2.75) is 19.0 Å². The van der Waals surface area contributed by atoms with Crippen LogP contribution in [-0.4, -0.2) is 19.1 Å². The Bertz CT molecular complexity index is 1140. The molecule has 1 aromatic heterocycles. The first-order valence-corrected chi connectivity index (χ1v) is 8.98. The summed E-state index contributed by atoms with van der Waals surface area (Å²) in [6.07, 6.45) is -3.37. The Morgan fingerprint density at radius 1 is 1.10 bits per heavy atom. The Hall–Kier alpha value is -3.29. The molecule has 0 bridgehead atoms. The zero-order valence-electron chi connectivity index (χ0n) is 15.2. The van der Waals surface area contributed by atoms with Gasteiger partial charge in [-0.1, -0.05) is 0 Å². The van der Waals surface area contributed by atoms with E-state index in [9.17, 15) is 22.8 Å². The van der Waals surface area contributed by atoms with Crippen LogP contribution in [0.2, 0.25) is 0 Å². The molecular weight excluding hydrogens is 387 g/mol. The predicted octanol–water partition coefficient (Wildman–Crippen LogP) is 4.17. The first-order valence-electron chi connectivity index (χ1n) is 8.98. The van der Waals surface area contributed by atoms with Crippen LogP contribution in [0.1, 0.15) is 17.5 Å². The maximum absolute atomic E-state index is 12.9. The fraction of sp³-hybridized carbons (Fsp3) is 0.238. The third-order valence-corrected chi connectivity index (χ3v) is 4.78. The molecule has 2 heterocycles. The van der Waals surface area contributed by atoms with Crippen LogP contribution in [0.5, 0.6) is 5.75 Å². The van der Waals surface area contributed by atoms with Crippen molar-refractivity contribution in [1.82, 2.24) is 0 Å². The molecule has 2 aromatic carbocycles. The van der Waals surface area contributed by atoms with E-state index in [4.69, 9.17) is 9.15 Å². The fourth-order valence-corrected chi connectivity index (χ4v) is 3.39. The third-order valence-electron chi connectivity index (χ3n) is 4.78. The van der Waals surface area contributed by atoms with Crippen molar-refractivity contribution in [3.8, 4) is 5.75 Å². The molecule has 5 nitrogen and oxygen atoms in total. The Kier molecular flexibility index (Phi) is 4.77. The average molecular weight is 403 g/mol. The smallest absolute Gasteiger partial charge is 0.416 e. The second-order valence-corrected chi connectivity index (χ2v) is 6.73. The largest absolute Gasteiger partial charge is 0.484 e. The summed E-state index contributed by atoms with van der Waals surface area (Å²) < 4.78 is 49.4. The van der Waals surface area contributed by atoms with Gasteiger partial charge in [0.15, 0.2) is 6.61 Å². The molecule has 1 aliphatic rings. The van der Waals surface area contributed by atoms with Gasteiger partial charge in [-0.3, -0.25) is 4.79 Å². The van der Waals surface area contributed by atoms with E-state index in [2.05, 4.69) is 0 Å². The van der Waals surface area contributed by atoms with Crippen molar-refractivity contribution < 1.29 is 27.1 Å². The molecule has 1 amide bonds. The van der Waals surface area contributed by atoms with Crippen LogP contribution in [0.3, 0.4) is 0 Å². The molecule has 150 valence electrons. The number of carbonyl (C=O) groups is 1. The average Bonchev–Trinajstić information content (AvgIpc) is 2.70. The lowest BCUT2D eigenvalue weighted by molar-refractivity contribution is -0.137. The number of anilines is 1. The van der Waals surface area contributed by atoms with Gasteiger partial charge in [-0.25, -0.2) is 4.79 Å². The SMILES string of the molecule is O=C(COc1ccc2ccc(=O)oc2c1)N1CCCc2cc(C(F)(F)F)ccc21. The number of ether oxygens (including phenoxy) is 1. The lowest BCUT2D eigenvalue weighted by Gasteiger charge is -2.30. The van der Waals surface area contributed by atoms with Crippen LogP contribution in [0.15, 0.2) is 57.7 Å². The first kappa shape index (κ1) is 19.0. The molecule has 1 aliphatic heterocycles. The number of fused-ring (bicyclic) bond motifs is 2. The summed E-state index contributed by atoms with van der Waals surface area (Å²) in [5.74, 6) is -0.00910. The van der Waals surface area contributed by atoms with Crippen molar-refractivity contribution >= 4 is 22.6 Å². The molecular formula is C21H16F3NO4. The van der Waals surface area contributed by atoms with E-state index in [0.29, 0.717) is 47.4 Å². The Morgan fingerprint density at radius 3 is 2.69 bits per heavy atom. The Morgan fingerprint density at radius 2 is 1.90 bits per heavy atom. The van der Waals surface area contributed by atoms with Crippen LogP contribution < -0.4 is 15.3 Å². The molecule has 29 heavy (non-hydrogen) atoms. The van der Waals surface area contributed by atoms with Gasteiger partial charge in [-0.05, 0) is 54.8 Å². The second-order valence-electron chi connectivity index (χ2n) is 6.73. The van der Waals surface area contributed by atoms with Crippen LogP contribution in [0.25, 0.3) is 11.0 Å². The number of amides is 1. The number of alkyl halides is 3. The Balaban J connectivity index is 1.50. The highest BCUT2D eigenvalue weighted by Crippen LogP contribution is 2.35. The molecule has 0 aliphatic carbocycles. The minimum atomic E-state index is -4.42. The number of benzene rings is 2. The molecule has 0 saturated carbocycles. The molecule has 0 radical (unpaired) electrons. The summed E-state index contributed by atoms with van der Waals surface area (Å²) in [4.78, 5) is 25.4. The molecule has 0 spiro atoms. The highest BCUT2D eigenvalue weighted by molar-refractivity contribution is 5.95. The van der Waals surface area contributed by atoms with Crippen molar-refractivity contribution in [2.24, 2.45) is 0 Å². The highest BCUT2D eigenvalue weighted by atomic mass is 19.4. The van der Waals surface area contributed by atoms with Crippen LogP contribution >= 0.6 is 0 Å².